The third kappa shape index (κ3) is 3.30. The Balaban J connectivity index is 2.17. The lowest BCUT2D eigenvalue weighted by Gasteiger charge is -2.31. The van der Waals surface area contributed by atoms with E-state index >= 15 is 0 Å². The Hall–Kier alpha value is -0.920. The van der Waals surface area contributed by atoms with E-state index in [1.807, 2.05) is 17.8 Å². The van der Waals surface area contributed by atoms with E-state index in [2.05, 4.69) is 9.82 Å². The fraction of sp³-hybridized carbons (Fsp3) is 0.727. The normalized spacial score (nSPS) is 25.2. The zero-order chi connectivity index (χ0) is 13.2. The number of rotatable bonds is 4. The Kier molecular flexibility index (Phi) is 4.04. The first-order valence-corrected chi connectivity index (χ1v) is 8.00. The van der Waals surface area contributed by atoms with Crippen molar-refractivity contribution < 1.29 is 13.2 Å². The molecule has 6 nitrogen and oxygen atoms in total. The van der Waals surface area contributed by atoms with Crippen LogP contribution in [0.15, 0.2) is 12.4 Å². The van der Waals surface area contributed by atoms with Crippen LogP contribution in [0, 0.1) is 0 Å². The van der Waals surface area contributed by atoms with Crippen molar-refractivity contribution in [1.29, 1.82) is 0 Å². The van der Waals surface area contributed by atoms with Crippen molar-refractivity contribution in [2.75, 3.05) is 12.9 Å². The highest BCUT2D eigenvalue weighted by Crippen LogP contribution is 2.28. The lowest BCUT2D eigenvalue weighted by molar-refractivity contribution is -0.00442. The molecule has 18 heavy (non-hydrogen) atoms. The summed E-state index contributed by atoms with van der Waals surface area (Å²) in [5, 5.41) is 4.20. The average Bonchev–Trinajstić information content (AvgIpc) is 2.76. The maximum atomic E-state index is 11.4. The summed E-state index contributed by atoms with van der Waals surface area (Å²) >= 11 is 0. The first-order valence-electron chi connectivity index (χ1n) is 6.11. The molecule has 0 bridgehead atoms. The lowest BCUT2D eigenvalue weighted by Crippen LogP contribution is -2.42. The molecule has 1 saturated heterocycles. The Morgan fingerprint density at radius 3 is 3.00 bits per heavy atom. The number of sulfonamides is 1. The van der Waals surface area contributed by atoms with E-state index in [4.69, 9.17) is 4.74 Å². The zero-order valence-corrected chi connectivity index (χ0v) is 11.5. The van der Waals surface area contributed by atoms with E-state index in [0.717, 1.165) is 24.9 Å². The molecule has 1 fully saturated rings. The van der Waals surface area contributed by atoms with Crippen molar-refractivity contribution in [3.8, 4) is 0 Å². The van der Waals surface area contributed by atoms with Crippen molar-refractivity contribution >= 4 is 10.0 Å². The van der Waals surface area contributed by atoms with Gasteiger partial charge in [-0.05, 0) is 19.8 Å². The first kappa shape index (κ1) is 13.5. The first-order chi connectivity index (χ1) is 8.49. The minimum absolute atomic E-state index is 0.205. The van der Waals surface area contributed by atoms with E-state index in [1.165, 1.54) is 6.26 Å². The Bertz CT molecular complexity index is 497. The number of ether oxygens (including phenoxy) is 1. The minimum atomic E-state index is -3.22. The van der Waals surface area contributed by atoms with Gasteiger partial charge in [0.15, 0.2) is 0 Å². The zero-order valence-electron chi connectivity index (χ0n) is 10.7. The minimum Gasteiger partial charge on any atom is -0.372 e. The molecule has 0 aliphatic carbocycles. The van der Waals surface area contributed by atoms with Crippen LogP contribution in [0.3, 0.4) is 0 Å². The van der Waals surface area contributed by atoms with Gasteiger partial charge in [0.05, 0.1) is 18.5 Å². The Morgan fingerprint density at radius 2 is 2.39 bits per heavy atom. The maximum Gasteiger partial charge on any atom is 0.209 e. The molecular weight excluding hydrogens is 254 g/mol. The van der Waals surface area contributed by atoms with E-state index in [1.54, 1.807) is 6.20 Å². The molecule has 7 heteroatoms. The van der Waals surface area contributed by atoms with E-state index < -0.39 is 10.0 Å². The fourth-order valence-electron chi connectivity index (χ4n) is 2.20. The highest BCUT2D eigenvalue weighted by molar-refractivity contribution is 7.88. The number of hydrogen-bond acceptors (Lipinski definition) is 4. The Morgan fingerprint density at radius 1 is 1.61 bits per heavy atom. The molecule has 1 aliphatic rings. The lowest BCUT2D eigenvalue weighted by atomic mass is 9.99. The molecule has 0 saturated carbocycles. The number of hydrogen-bond donors (Lipinski definition) is 1. The molecule has 1 aromatic heterocycles. The number of nitrogens with zero attached hydrogens (tertiary/aromatic N) is 2. The molecule has 1 aliphatic heterocycles. The SMILES string of the molecule is CCn1cc([C@H]2OCCC[C@@H]2NS(C)(=O)=O)cn1. The predicted molar refractivity (Wildman–Crippen MR) is 67.6 cm³/mol. The topological polar surface area (TPSA) is 73.2 Å². The predicted octanol–water partition coefficient (Wildman–Crippen LogP) is 0.672. The van der Waals surface area contributed by atoms with Gasteiger partial charge in [-0.2, -0.15) is 5.10 Å². The van der Waals surface area contributed by atoms with Crippen molar-refractivity contribution in [2.24, 2.45) is 0 Å². The molecule has 2 rings (SSSR count). The summed E-state index contributed by atoms with van der Waals surface area (Å²) in [5.74, 6) is 0. The van der Waals surface area contributed by atoms with Crippen molar-refractivity contribution in [1.82, 2.24) is 14.5 Å². The van der Waals surface area contributed by atoms with E-state index in [0.29, 0.717) is 6.61 Å². The van der Waals surface area contributed by atoms with Gasteiger partial charge in [-0.15, -0.1) is 0 Å². The second-order valence-corrected chi connectivity index (χ2v) is 6.34. The van der Waals surface area contributed by atoms with Gasteiger partial charge >= 0.3 is 0 Å². The van der Waals surface area contributed by atoms with Crippen LogP contribution in [-0.2, 0) is 21.3 Å². The highest BCUT2D eigenvalue weighted by Gasteiger charge is 2.30. The third-order valence-electron chi connectivity index (χ3n) is 2.99. The van der Waals surface area contributed by atoms with Gasteiger partial charge in [0.1, 0.15) is 6.10 Å². The molecule has 0 aromatic carbocycles. The molecule has 0 unspecified atom stereocenters. The van der Waals surface area contributed by atoms with Crippen LogP contribution >= 0.6 is 0 Å². The smallest absolute Gasteiger partial charge is 0.209 e. The fourth-order valence-corrected chi connectivity index (χ4v) is 3.00. The van der Waals surface area contributed by atoms with Gasteiger partial charge in [-0.1, -0.05) is 0 Å². The van der Waals surface area contributed by atoms with Crippen LogP contribution in [-0.4, -0.2) is 37.1 Å². The average molecular weight is 273 g/mol. The largest absolute Gasteiger partial charge is 0.372 e. The van der Waals surface area contributed by atoms with Gasteiger partial charge in [-0.25, -0.2) is 13.1 Å². The quantitative estimate of drug-likeness (QED) is 0.875. The second-order valence-electron chi connectivity index (χ2n) is 4.56. The molecule has 0 radical (unpaired) electrons. The van der Waals surface area contributed by atoms with Gasteiger partial charge in [-0.3, -0.25) is 4.68 Å². The van der Waals surface area contributed by atoms with Crippen molar-refractivity contribution in [3.05, 3.63) is 18.0 Å². The molecule has 1 aromatic rings. The van der Waals surface area contributed by atoms with Gasteiger partial charge in [0.2, 0.25) is 10.0 Å². The molecule has 0 spiro atoms. The summed E-state index contributed by atoms with van der Waals surface area (Å²) in [6.45, 7) is 3.45. The summed E-state index contributed by atoms with van der Waals surface area (Å²) in [6, 6.07) is -0.205. The van der Waals surface area contributed by atoms with Gasteiger partial charge < -0.3 is 4.74 Å². The highest BCUT2D eigenvalue weighted by atomic mass is 32.2. The molecular formula is C11H19N3O3S. The van der Waals surface area contributed by atoms with Crippen molar-refractivity contribution in [3.63, 3.8) is 0 Å². The summed E-state index contributed by atoms with van der Waals surface area (Å²) in [7, 11) is -3.22. The maximum absolute atomic E-state index is 11.4. The summed E-state index contributed by atoms with van der Waals surface area (Å²) in [6.07, 6.45) is 6.24. The molecule has 1 N–H and O–H groups in total. The van der Waals surface area contributed by atoms with Gasteiger partial charge in [0.25, 0.3) is 0 Å². The van der Waals surface area contributed by atoms with E-state index in [9.17, 15) is 8.42 Å². The van der Waals surface area contributed by atoms with Crippen molar-refractivity contribution in [2.45, 2.75) is 38.5 Å². The molecule has 0 amide bonds. The molecule has 2 atom stereocenters. The monoisotopic (exact) mass is 273 g/mol. The van der Waals surface area contributed by atoms with Crippen LogP contribution in [0.2, 0.25) is 0 Å². The summed E-state index contributed by atoms with van der Waals surface area (Å²) in [5.41, 5.74) is 0.928. The Labute approximate surface area is 107 Å². The number of aromatic nitrogens is 2. The molecule has 2 heterocycles. The van der Waals surface area contributed by atoms with Gasteiger partial charge in [0, 0.05) is 24.9 Å². The van der Waals surface area contributed by atoms with Crippen LogP contribution < -0.4 is 4.72 Å². The number of nitrogens with one attached hydrogen (secondary N) is 1. The summed E-state index contributed by atoms with van der Waals surface area (Å²) < 4.78 is 32.9. The number of aryl methyl sites for hydroxylation is 1. The standard InChI is InChI=1S/C11H19N3O3S/c1-3-14-8-9(7-12-14)11-10(5-4-6-17-11)13-18(2,15)16/h7-8,10-11,13H,3-6H2,1-2H3/t10-,11+/m0/s1. The van der Waals surface area contributed by atoms with Crippen LogP contribution in [0.1, 0.15) is 31.4 Å². The van der Waals surface area contributed by atoms with Crippen LogP contribution in [0.4, 0.5) is 0 Å². The van der Waals surface area contributed by atoms with Crippen LogP contribution in [0.5, 0.6) is 0 Å². The third-order valence-corrected chi connectivity index (χ3v) is 3.72. The van der Waals surface area contributed by atoms with Crippen LogP contribution in [0.25, 0.3) is 0 Å². The van der Waals surface area contributed by atoms with E-state index in [-0.39, 0.29) is 12.1 Å². The molecule has 102 valence electrons. The summed E-state index contributed by atoms with van der Waals surface area (Å²) in [4.78, 5) is 0. The second kappa shape index (κ2) is 5.38.